The number of phenolic OH excluding ortho intramolecular Hbond substituents is 1. The number of amides is 1. The third kappa shape index (κ3) is 5.05. The summed E-state index contributed by atoms with van der Waals surface area (Å²) in [6.45, 7) is 2.54. The lowest BCUT2D eigenvalue weighted by Gasteiger charge is -2.25. The number of benzene rings is 1. The number of hydrogen-bond donors (Lipinski definition) is 2. The molecule has 1 saturated heterocycles. The highest BCUT2D eigenvalue weighted by Gasteiger charge is 2.19. The smallest absolute Gasteiger partial charge is 0.224 e. The Balaban J connectivity index is 0.00000242. The maximum atomic E-state index is 12.2. The lowest BCUT2D eigenvalue weighted by molar-refractivity contribution is -0.131. The highest BCUT2D eigenvalue weighted by atomic mass is 35.5. The minimum absolute atomic E-state index is 0. The van der Waals surface area contributed by atoms with Crippen LogP contribution in [0.5, 0.6) is 11.5 Å². The summed E-state index contributed by atoms with van der Waals surface area (Å²) in [4.78, 5) is 13.9. The van der Waals surface area contributed by atoms with E-state index in [-0.39, 0.29) is 30.1 Å². The molecule has 22 heavy (non-hydrogen) atoms. The predicted molar refractivity (Wildman–Crippen MR) is 85.6 cm³/mol. The summed E-state index contributed by atoms with van der Waals surface area (Å²) in [5.74, 6) is 0.569. The number of methoxy groups -OCH3 is 1. The molecule has 1 atom stereocenters. The molecule has 0 saturated carbocycles. The Morgan fingerprint density at radius 3 is 2.95 bits per heavy atom. The summed E-state index contributed by atoms with van der Waals surface area (Å²) in [6.07, 6.45) is 0.422. The molecule has 1 aliphatic rings. The van der Waals surface area contributed by atoms with Crippen molar-refractivity contribution in [2.45, 2.75) is 19.0 Å². The minimum Gasteiger partial charge on any atom is -0.504 e. The van der Waals surface area contributed by atoms with Crippen molar-refractivity contribution in [2.75, 3.05) is 33.9 Å². The number of nitrogens with zero attached hydrogens (tertiary/aromatic N) is 1. The molecule has 0 radical (unpaired) electrons. The predicted octanol–water partition coefficient (Wildman–Crippen LogP) is 1.16. The summed E-state index contributed by atoms with van der Waals surface area (Å²) < 4.78 is 10.4. The van der Waals surface area contributed by atoms with Crippen molar-refractivity contribution in [3.05, 3.63) is 23.8 Å². The van der Waals surface area contributed by atoms with Gasteiger partial charge in [0.25, 0.3) is 0 Å². The van der Waals surface area contributed by atoms with Crippen LogP contribution < -0.4 is 10.1 Å². The number of aromatic hydroxyl groups is 1. The van der Waals surface area contributed by atoms with Crippen molar-refractivity contribution < 1.29 is 19.4 Å². The summed E-state index contributed by atoms with van der Waals surface area (Å²) in [5, 5.41) is 12.8. The molecular formula is C15H23ClN2O4. The maximum absolute atomic E-state index is 12.2. The molecule has 2 rings (SSSR count). The molecule has 6 nitrogen and oxygen atoms in total. The molecule has 1 heterocycles. The van der Waals surface area contributed by atoms with Gasteiger partial charge >= 0.3 is 0 Å². The van der Waals surface area contributed by atoms with Crippen molar-refractivity contribution in [3.63, 3.8) is 0 Å². The summed E-state index contributed by atoms with van der Waals surface area (Å²) in [5.41, 5.74) is 0.911. The lowest BCUT2D eigenvalue weighted by atomic mass is 10.1. The first-order valence-corrected chi connectivity index (χ1v) is 7.01. The van der Waals surface area contributed by atoms with Gasteiger partial charge in [0.2, 0.25) is 5.91 Å². The molecular weight excluding hydrogens is 308 g/mol. The van der Waals surface area contributed by atoms with Crippen LogP contribution >= 0.6 is 12.4 Å². The second kappa shape index (κ2) is 8.82. The van der Waals surface area contributed by atoms with Gasteiger partial charge in [-0.2, -0.15) is 0 Å². The van der Waals surface area contributed by atoms with Crippen molar-refractivity contribution in [1.29, 1.82) is 0 Å². The Bertz CT molecular complexity index is 492. The Hall–Kier alpha value is -1.50. The van der Waals surface area contributed by atoms with Gasteiger partial charge in [0.15, 0.2) is 11.5 Å². The molecule has 1 unspecified atom stereocenters. The normalized spacial score (nSPS) is 17.5. The zero-order chi connectivity index (χ0) is 15.2. The Kier molecular flexibility index (Phi) is 7.44. The zero-order valence-corrected chi connectivity index (χ0v) is 13.7. The average Bonchev–Trinajstić information content (AvgIpc) is 2.50. The molecule has 124 valence electrons. The van der Waals surface area contributed by atoms with Gasteiger partial charge in [0.05, 0.1) is 20.3 Å². The number of hydrogen-bond acceptors (Lipinski definition) is 5. The second-order valence-corrected chi connectivity index (χ2v) is 5.19. The Labute approximate surface area is 136 Å². The van der Waals surface area contributed by atoms with Crippen LogP contribution in [0.1, 0.15) is 12.0 Å². The quantitative estimate of drug-likeness (QED) is 0.847. The first-order chi connectivity index (χ1) is 10.1. The molecule has 0 bridgehead atoms. The van der Waals surface area contributed by atoms with E-state index >= 15 is 0 Å². The highest BCUT2D eigenvalue weighted by molar-refractivity contribution is 5.85. The number of carbonyl (C=O) groups excluding carboxylic acids is 1. The van der Waals surface area contributed by atoms with Gasteiger partial charge in [-0.05, 0) is 17.7 Å². The van der Waals surface area contributed by atoms with Crippen LogP contribution in [-0.4, -0.2) is 55.9 Å². The molecule has 2 N–H and O–H groups in total. The number of phenols is 1. The maximum Gasteiger partial charge on any atom is 0.224 e. The first-order valence-electron chi connectivity index (χ1n) is 7.01. The van der Waals surface area contributed by atoms with E-state index in [1.54, 1.807) is 30.1 Å². The molecule has 1 aromatic carbocycles. The van der Waals surface area contributed by atoms with Crippen molar-refractivity contribution in [3.8, 4) is 11.5 Å². The number of ether oxygens (including phenoxy) is 2. The first kappa shape index (κ1) is 18.5. The topological polar surface area (TPSA) is 71.0 Å². The van der Waals surface area contributed by atoms with E-state index in [4.69, 9.17) is 9.47 Å². The van der Waals surface area contributed by atoms with Crippen molar-refractivity contribution in [2.24, 2.45) is 0 Å². The van der Waals surface area contributed by atoms with Gasteiger partial charge in [-0.25, -0.2) is 0 Å². The molecule has 0 spiro atoms. The lowest BCUT2D eigenvalue weighted by Crippen LogP contribution is -2.44. The highest BCUT2D eigenvalue weighted by Crippen LogP contribution is 2.26. The van der Waals surface area contributed by atoms with E-state index in [0.717, 1.165) is 12.1 Å². The molecule has 0 aromatic heterocycles. The molecule has 1 amide bonds. The van der Waals surface area contributed by atoms with E-state index in [0.29, 0.717) is 31.9 Å². The molecule has 1 aromatic rings. The van der Waals surface area contributed by atoms with Crippen LogP contribution in [0.4, 0.5) is 0 Å². The SMILES string of the molecule is COc1cc(CN(C)C(=O)CC2COCCN2)ccc1O.Cl. The van der Waals surface area contributed by atoms with Gasteiger partial charge < -0.3 is 24.8 Å². The largest absolute Gasteiger partial charge is 0.504 e. The van der Waals surface area contributed by atoms with Crippen LogP contribution in [0.25, 0.3) is 0 Å². The third-order valence-corrected chi connectivity index (χ3v) is 3.51. The number of nitrogens with one attached hydrogen (secondary N) is 1. The molecule has 7 heteroatoms. The molecule has 1 fully saturated rings. The number of halogens is 1. The van der Waals surface area contributed by atoms with Crippen LogP contribution in [-0.2, 0) is 16.1 Å². The fourth-order valence-corrected chi connectivity index (χ4v) is 2.30. The van der Waals surface area contributed by atoms with Gasteiger partial charge in [0.1, 0.15) is 0 Å². The summed E-state index contributed by atoms with van der Waals surface area (Å²) in [6, 6.07) is 5.18. The second-order valence-electron chi connectivity index (χ2n) is 5.19. The monoisotopic (exact) mass is 330 g/mol. The summed E-state index contributed by atoms with van der Waals surface area (Å²) >= 11 is 0. The zero-order valence-electron chi connectivity index (χ0n) is 12.9. The van der Waals surface area contributed by atoms with E-state index in [9.17, 15) is 9.90 Å². The van der Waals surface area contributed by atoms with Gasteiger partial charge in [0, 0.05) is 32.6 Å². The van der Waals surface area contributed by atoms with Crippen LogP contribution in [0.2, 0.25) is 0 Å². The summed E-state index contributed by atoms with van der Waals surface area (Å²) in [7, 11) is 3.27. The Morgan fingerprint density at radius 1 is 1.55 bits per heavy atom. The fourth-order valence-electron chi connectivity index (χ4n) is 2.30. The number of morpholine rings is 1. The molecule has 1 aliphatic heterocycles. The number of carbonyl (C=O) groups is 1. The molecule has 0 aliphatic carbocycles. The Morgan fingerprint density at radius 2 is 2.32 bits per heavy atom. The standard InChI is InChI=1S/C15H22N2O4.ClH/c1-17(15(19)8-12-10-21-6-5-16-12)9-11-3-4-13(18)14(7-11)20-2;/h3-4,7,12,16,18H,5-6,8-10H2,1-2H3;1H. The average molecular weight is 331 g/mol. The fraction of sp³-hybridized carbons (Fsp3) is 0.533. The van der Waals surface area contributed by atoms with E-state index in [2.05, 4.69) is 5.32 Å². The minimum atomic E-state index is 0. The van der Waals surface area contributed by atoms with E-state index in [1.165, 1.54) is 7.11 Å². The van der Waals surface area contributed by atoms with Crippen LogP contribution in [0.15, 0.2) is 18.2 Å². The van der Waals surface area contributed by atoms with Gasteiger partial charge in [-0.15, -0.1) is 12.4 Å². The van der Waals surface area contributed by atoms with Gasteiger partial charge in [-0.3, -0.25) is 4.79 Å². The third-order valence-electron chi connectivity index (χ3n) is 3.51. The van der Waals surface area contributed by atoms with Crippen molar-refractivity contribution in [1.82, 2.24) is 10.2 Å². The van der Waals surface area contributed by atoms with Crippen molar-refractivity contribution >= 4 is 18.3 Å². The van der Waals surface area contributed by atoms with Crippen LogP contribution in [0, 0.1) is 0 Å². The van der Waals surface area contributed by atoms with E-state index < -0.39 is 0 Å². The van der Waals surface area contributed by atoms with Crippen LogP contribution in [0.3, 0.4) is 0 Å². The number of rotatable bonds is 5. The van der Waals surface area contributed by atoms with Gasteiger partial charge in [-0.1, -0.05) is 6.07 Å². The van der Waals surface area contributed by atoms with E-state index in [1.807, 2.05) is 0 Å².